The minimum absolute atomic E-state index is 0.0515. The van der Waals surface area contributed by atoms with Crippen molar-refractivity contribution in [2.75, 3.05) is 0 Å². The molecule has 0 unspecified atom stereocenters. The first kappa shape index (κ1) is 17.8. The number of aryl methyl sites for hydroxylation is 2. The number of rotatable bonds is 4. The topological polar surface area (TPSA) is 66.0 Å². The van der Waals surface area contributed by atoms with E-state index in [0.29, 0.717) is 11.5 Å². The van der Waals surface area contributed by atoms with Gasteiger partial charge in [-0.05, 0) is 61.1 Å². The molecule has 1 aliphatic rings. The van der Waals surface area contributed by atoms with Crippen molar-refractivity contribution in [3.8, 4) is 24.0 Å². The monoisotopic (exact) mass is 346 g/mol. The van der Waals surface area contributed by atoms with Crippen LogP contribution in [0.4, 0.5) is 0 Å². The molecule has 0 heterocycles. The average Bonchev–Trinajstić information content (AvgIpc) is 2.66. The number of hydrogen-bond donors (Lipinski definition) is 0. The lowest BCUT2D eigenvalue weighted by Crippen LogP contribution is -2.30. The molecular formula is C22H22N2O2. The van der Waals surface area contributed by atoms with Gasteiger partial charge >= 0.3 is 0 Å². The Morgan fingerprint density at radius 2 is 1.23 bits per heavy atom. The summed E-state index contributed by atoms with van der Waals surface area (Å²) in [5, 5.41) is 17.6. The van der Waals surface area contributed by atoms with Crippen molar-refractivity contribution in [2.45, 2.75) is 51.4 Å². The lowest BCUT2D eigenvalue weighted by molar-refractivity contribution is 0.345. The van der Waals surface area contributed by atoms with Crippen LogP contribution in [0.5, 0.6) is 11.5 Å². The van der Waals surface area contributed by atoms with Crippen LogP contribution in [-0.4, -0.2) is 0 Å². The molecule has 0 N–H and O–H groups in total. The molecule has 0 radical (unpaired) electrons. The van der Waals surface area contributed by atoms with Gasteiger partial charge in [-0.25, -0.2) is 0 Å². The highest BCUT2D eigenvalue weighted by atomic mass is 16.5. The minimum atomic E-state index is -0.0515. The van der Waals surface area contributed by atoms with Crippen LogP contribution in [0, 0.1) is 36.9 Å². The third-order valence-electron chi connectivity index (χ3n) is 5.47. The smallest absolute Gasteiger partial charge is 0.292 e. The molecule has 26 heavy (non-hydrogen) atoms. The van der Waals surface area contributed by atoms with E-state index in [9.17, 15) is 0 Å². The highest BCUT2D eigenvalue weighted by molar-refractivity contribution is 5.48. The molecule has 2 aromatic rings. The summed E-state index contributed by atoms with van der Waals surface area (Å²) in [7, 11) is 0. The molecule has 4 heteroatoms. The molecule has 1 saturated carbocycles. The van der Waals surface area contributed by atoms with Crippen molar-refractivity contribution in [3.63, 3.8) is 0 Å². The van der Waals surface area contributed by atoms with Crippen LogP contribution >= 0.6 is 0 Å². The maximum atomic E-state index is 8.78. The van der Waals surface area contributed by atoms with Crippen LogP contribution in [0.15, 0.2) is 36.4 Å². The average molecular weight is 346 g/mol. The Morgan fingerprint density at radius 3 is 1.62 bits per heavy atom. The molecule has 0 atom stereocenters. The second-order valence-electron chi connectivity index (χ2n) is 6.99. The van der Waals surface area contributed by atoms with Crippen molar-refractivity contribution in [1.82, 2.24) is 0 Å². The lowest BCUT2D eigenvalue weighted by Gasteiger charge is -2.39. The van der Waals surface area contributed by atoms with Crippen molar-refractivity contribution in [3.05, 3.63) is 58.7 Å². The maximum absolute atomic E-state index is 8.78. The number of benzene rings is 2. The van der Waals surface area contributed by atoms with Crippen molar-refractivity contribution in [1.29, 1.82) is 10.5 Å². The van der Waals surface area contributed by atoms with E-state index in [-0.39, 0.29) is 5.41 Å². The number of nitriles is 2. The van der Waals surface area contributed by atoms with Crippen molar-refractivity contribution < 1.29 is 9.47 Å². The Hall–Kier alpha value is -2.98. The third kappa shape index (κ3) is 3.24. The molecule has 2 aromatic carbocycles. The molecular weight excluding hydrogens is 324 g/mol. The summed E-state index contributed by atoms with van der Waals surface area (Å²) < 4.78 is 10.1. The number of nitrogens with zero attached hydrogens (tertiary/aromatic N) is 2. The fourth-order valence-electron chi connectivity index (χ4n) is 4.12. The van der Waals surface area contributed by atoms with Gasteiger partial charge in [0.2, 0.25) is 0 Å². The van der Waals surface area contributed by atoms with E-state index in [0.717, 1.165) is 24.0 Å². The Morgan fingerprint density at radius 1 is 0.769 bits per heavy atom. The van der Waals surface area contributed by atoms with E-state index in [2.05, 4.69) is 24.3 Å². The molecule has 4 nitrogen and oxygen atoms in total. The Bertz CT molecular complexity index is 816. The highest BCUT2D eigenvalue weighted by Gasteiger charge is 2.36. The quantitative estimate of drug-likeness (QED) is 0.707. The normalized spacial score (nSPS) is 15.5. The van der Waals surface area contributed by atoms with Gasteiger partial charge in [0, 0.05) is 5.41 Å². The van der Waals surface area contributed by atoms with Crippen LogP contribution in [0.25, 0.3) is 0 Å². The fourth-order valence-corrected chi connectivity index (χ4v) is 4.12. The number of hydrogen-bond acceptors (Lipinski definition) is 4. The van der Waals surface area contributed by atoms with E-state index >= 15 is 0 Å². The lowest BCUT2D eigenvalue weighted by atomic mass is 9.65. The van der Waals surface area contributed by atoms with Gasteiger partial charge in [-0.3, -0.25) is 0 Å². The van der Waals surface area contributed by atoms with Gasteiger partial charge < -0.3 is 9.47 Å². The first-order chi connectivity index (χ1) is 12.6. The number of ether oxygens (including phenoxy) is 2. The molecule has 0 aliphatic heterocycles. The van der Waals surface area contributed by atoms with Crippen LogP contribution in [0.3, 0.4) is 0 Å². The predicted molar refractivity (Wildman–Crippen MR) is 98.7 cm³/mol. The predicted octanol–water partition coefficient (Wildman–Crippen LogP) is 5.27. The Kier molecular flexibility index (Phi) is 5.14. The van der Waals surface area contributed by atoms with Gasteiger partial charge in [0.05, 0.1) is 0 Å². The van der Waals surface area contributed by atoms with Gasteiger partial charge in [-0.15, -0.1) is 10.5 Å². The van der Waals surface area contributed by atoms with Gasteiger partial charge in [-0.2, -0.15) is 0 Å². The fraction of sp³-hybridized carbons (Fsp3) is 0.364. The molecule has 3 rings (SSSR count). The largest absolute Gasteiger partial charge is 0.388 e. The van der Waals surface area contributed by atoms with E-state index in [1.165, 1.54) is 30.4 Å². The maximum Gasteiger partial charge on any atom is 0.292 e. The van der Waals surface area contributed by atoms with Gasteiger partial charge in [0.25, 0.3) is 12.5 Å². The molecule has 0 spiro atoms. The van der Waals surface area contributed by atoms with Crippen LogP contribution in [0.1, 0.15) is 54.4 Å². The SMILES string of the molecule is Cc1cc(C2(c3ccc(OC#N)c(C)c3)CCCCC2)ccc1OC#N. The second-order valence-corrected chi connectivity index (χ2v) is 6.99. The third-order valence-corrected chi connectivity index (χ3v) is 5.47. The van der Waals surface area contributed by atoms with E-state index < -0.39 is 0 Å². The summed E-state index contributed by atoms with van der Waals surface area (Å²) in [6, 6.07) is 12.2. The molecule has 0 amide bonds. The zero-order valence-corrected chi connectivity index (χ0v) is 15.2. The summed E-state index contributed by atoms with van der Waals surface area (Å²) in [4.78, 5) is 0. The second kappa shape index (κ2) is 7.50. The van der Waals surface area contributed by atoms with Gasteiger partial charge in [0.1, 0.15) is 11.5 Å². The van der Waals surface area contributed by atoms with Crippen LogP contribution in [0.2, 0.25) is 0 Å². The molecule has 132 valence electrons. The van der Waals surface area contributed by atoms with E-state index in [1.807, 2.05) is 26.0 Å². The standard InChI is InChI=1S/C22H22N2O2/c1-16-12-18(6-8-20(16)25-14-23)22(10-4-3-5-11-22)19-7-9-21(26-15-24)17(2)13-19/h6-9,12-13H,3-5,10-11H2,1-2H3. The summed E-state index contributed by atoms with van der Waals surface area (Å²) in [5.74, 6) is 1.22. The van der Waals surface area contributed by atoms with Crippen LogP contribution < -0.4 is 9.47 Å². The summed E-state index contributed by atoms with van der Waals surface area (Å²) in [5.41, 5.74) is 4.40. The van der Waals surface area contributed by atoms with E-state index in [1.54, 1.807) is 12.5 Å². The molecule has 0 saturated heterocycles. The highest BCUT2D eigenvalue weighted by Crippen LogP contribution is 2.46. The van der Waals surface area contributed by atoms with Crippen LogP contribution in [-0.2, 0) is 5.41 Å². The molecule has 1 fully saturated rings. The van der Waals surface area contributed by atoms with Crippen molar-refractivity contribution in [2.24, 2.45) is 0 Å². The molecule has 0 bridgehead atoms. The van der Waals surface area contributed by atoms with Gasteiger partial charge in [0.15, 0.2) is 0 Å². The van der Waals surface area contributed by atoms with Crippen molar-refractivity contribution >= 4 is 0 Å². The minimum Gasteiger partial charge on any atom is -0.388 e. The summed E-state index contributed by atoms with van der Waals surface area (Å²) in [6.45, 7) is 3.95. The van der Waals surface area contributed by atoms with Gasteiger partial charge in [-0.1, -0.05) is 43.5 Å². The Labute approximate surface area is 154 Å². The first-order valence-electron chi connectivity index (χ1n) is 8.95. The molecule has 1 aliphatic carbocycles. The zero-order chi connectivity index (χ0) is 18.6. The zero-order valence-electron chi connectivity index (χ0n) is 15.2. The Balaban J connectivity index is 2.08. The molecule has 0 aromatic heterocycles. The summed E-state index contributed by atoms with van der Waals surface area (Å²) in [6.07, 6.45) is 9.30. The summed E-state index contributed by atoms with van der Waals surface area (Å²) >= 11 is 0. The van der Waals surface area contributed by atoms with E-state index in [4.69, 9.17) is 20.0 Å². The first-order valence-corrected chi connectivity index (χ1v) is 8.95.